The molecule has 0 spiro atoms. The first kappa shape index (κ1) is 41.9. The molecular formula is C52H62N6+2. The molecule has 0 saturated heterocycles. The fraction of sp³-hybridized carbons (Fsp3) is 0.385. The Hall–Kier alpha value is -5.72. The molecule has 2 aliphatic rings. The smallest absolute Gasteiger partial charge is 0.209 e. The van der Waals surface area contributed by atoms with Crippen molar-refractivity contribution in [1.82, 2.24) is 0 Å². The zero-order chi connectivity index (χ0) is 41.5. The summed E-state index contributed by atoms with van der Waals surface area (Å²) in [5.41, 5.74) is 13.2. The molecule has 2 aliphatic heterocycles. The molecular weight excluding hydrogens is 709 g/mol. The largest absolute Gasteiger partial charge is 0.372 e. The molecule has 0 radical (unpaired) electrons. The van der Waals surface area contributed by atoms with Crippen molar-refractivity contribution in [1.29, 1.82) is 10.5 Å². The van der Waals surface area contributed by atoms with E-state index >= 15 is 0 Å². The summed E-state index contributed by atoms with van der Waals surface area (Å²) in [4.78, 5) is 4.73. The molecule has 4 aromatic carbocycles. The molecule has 2 heterocycles. The first-order valence-electron chi connectivity index (χ1n) is 21.5. The summed E-state index contributed by atoms with van der Waals surface area (Å²) >= 11 is 0. The highest BCUT2D eigenvalue weighted by molar-refractivity contribution is 6.06. The van der Waals surface area contributed by atoms with Gasteiger partial charge in [-0.3, -0.25) is 0 Å². The van der Waals surface area contributed by atoms with Crippen molar-refractivity contribution < 1.29 is 9.15 Å². The van der Waals surface area contributed by atoms with Gasteiger partial charge in [-0.15, -0.1) is 0 Å². The average Bonchev–Trinajstić information content (AvgIpc) is 3.58. The topological polar surface area (TPSA) is 60.1 Å². The Kier molecular flexibility index (Phi) is 13.2. The molecule has 0 bridgehead atoms. The van der Waals surface area contributed by atoms with E-state index in [1.165, 1.54) is 56.4 Å². The summed E-state index contributed by atoms with van der Waals surface area (Å²) in [5, 5.41) is 19.5. The van der Waals surface area contributed by atoms with Gasteiger partial charge in [-0.05, 0) is 140 Å². The van der Waals surface area contributed by atoms with E-state index in [4.69, 9.17) is 0 Å². The van der Waals surface area contributed by atoms with Gasteiger partial charge in [-0.2, -0.15) is 19.7 Å². The molecule has 0 aliphatic carbocycles. The predicted octanol–water partition coefficient (Wildman–Crippen LogP) is 11.6. The summed E-state index contributed by atoms with van der Waals surface area (Å²) in [5.74, 6) is 0. The van der Waals surface area contributed by atoms with Gasteiger partial charge in [-0.1, -0.05) is 24.3 Å². The van der Waals surface area contributed by atoms with Crippen LogP contribution >= 0.6 is 0 Å². The van der Waals surface area contributed by atoms with E-state index in [0.717, 1.165) is 65.0 Å². The lowest BCUT2D eigenvalue weighted by molar-refractivity contribution is -0.440. The van der Waals surface area contributed by atoms with E-state index in [0.29, 0.717) is 11.1 Å². The fourth-order valence-corrected chi connectivity index (χ4v) is 8.99. The van der Waals surface area contributed by atoms with Crippen LogP contribution in [0.4, 0.5) is 22.7 Å². The van der Waals surface area contributed by atoms with Crippen LogP contribution in [-0.4, -0.2) is 59.8 Å². The standard InChI is InChI=1S/C52H62N6/c1-9-55(10-2)43-25-17-39(18-26-43)23-31-49-51(5,6)45-35-41(37-53)21-29-47(45)57(49)33-15-13-14-16-34-58-48-30-22-42(38-54)36-46(48)52(7,8)50(58)32-24-40-19-27-44(28-20-40)56(11-3)12-4/h17-32,35-36H,9-16,33-34H2,1-8H3/q+2. The molecule has 298 valence electrons. The van der Waals surface area contributed by atoms with Gasteiger partial charge in [0, 0.05) is 85.8 Å². The monoisotopic (exact) mass is 771 g/mol. The fourth-order valence-electron chi connectivity index (χ4n) is 8.99. The zero-order valence-corrected chi connectivity index (χ0v) is 36.1. The third-order valence-electron chi connectivity index (χ3n) is 12.5. The number of nitriles is 2. The van der Waals surface area contributed by atoms with E-state index in [1.807, 2.05) is 12.1 Å². The second-order valence-corrected chi connectivity index (χ2v) is 16.6. The molecule has 6 rings (SSSR count). The molecule has 0 amide bonds. The second kappa shape index (κ2) is 18.3. The van der Waals surface area contributed by atoms with Crippen LogP contribution in [0.3, 0.4) is 0 Å². The Balaban J connectivity index is 1.19. The van der Waals surface area contributed by atoms with Crippen molar-refractivity contribution in [3.63, 3.8) is 0 Å². The van der Waals surface area contributed by atoms with Crippen molar-refractivity contribution in [2.45, 2.75) is 91.9 Å². The Labute approximate surface area is 348 Å². The third kappa shape index (κ3) is 8.58. The summed E-state index contributed by atoms with van der Waals surface area (Å²) in [7, 11) is 0. The second-order valence-electron chi connectivity index (χ2n) is 16.6. The van der Waals surface area contributed by atoms with Gasteiger partial charge < -0.3 is 9.80 Å². The molecule has 0 saturated carbocycles. The van der Waals surface area contributed by atoms with Gasteiger partial charge in [0.25, 0.3) is 0 Å². The van der Waals surface area contributed by atoms with Crippen LogP contribution in [0.5, 0.6) is 0 Å². The highest BCUT2D eigenvalue weighted by Crippen LogP contribution is 2.42. The highest BCUT2D eigenvalue weighted by Gasteiger charge is 2.45. The van der Waals surface area contributed by atoms with Crippen molar-refractivity contribution in [3.05, 3.63) is 130 Å². The Bertz CT molecular complexity index is 2130. The van der Waals surface area contributed by atoms with E-state index < -0.39 is 0 Å². The van der Waals surface area contributed by atoms with E-state index in [2.05, 4.69) is 184 Å². The number of benzene rings is 4. The Morgan fingerprint density at radius 1 is 0.500 bits per heavy atom. The SMILES string of the molecule is CCN(CC)c1ccc(/C=C/C2=[N+](CCCCCC[N+]3=C(/C=C/c4ccc(N(CC)CC)cc4)C(C)(C)c4cc(C#N)ccc43)c3ccc(C#N)cc3C2(C)C)cc1. The number of rotatable bonds is 17. The number of hydrogen-bond donors (Lipinski definition) is 0. The van der Waals surface area contributed by atoms with E-state index in [9.17, 15) is 10.5 Å². The molecule has 4 aromatic rings. The van der Waals surface area contributed by atoms with Gasteiger partial charge in [0.15, 0.2) is 11.4 Å². The maximum absolute atomic E-state index is 9.76. The van der Waals surface area contributed by atoms with Crippen LogP contribution in [0.2, 0.25) is 0 Å². The van der Waals surface area contributed by atoms with Crippen LogP contribution in [0, 0.1) is 22.7 Å². The van der Waals surface area contributed by atoms with Crippen molar-refractivity contribution >= 4 is 46.3 Å². The van der Waals surface area contributed by atoms with Crippen LogP contribution < -0.4 is 9.80 Å². The number of anilines is 2. The lowest BCUT2D eigenvalue weighted by atomic mass is 9.80. The van der Waals surface area contributed by atoms with Gasteiger partial charge >= 0.3 is 0 Å². The summed E-state index contributed by atoms with van der Waals surface area (Å²) in [6.45, 7) is 23.8. The number of fused-ring (bicyclic) bond motifs is 2. The quantitative estimate of drug-likeness (QED) is 0.0792. The highest BCUT2D eigenvalue weighted by atomic mass is 15.1. The van der Waals surface area contributed by atoms with Gasteiger partial charge in [0.2, 0.25) is 11.4 Å². The molecule has 6 heteroatoms. The van der Waals surface area contributed by atoms with Crippen molar-refractivity contribution in [2.24, 2.45) is 0 Å². The molecule has 0 N–H and O–H groups in total. The molecule has 0 fully saturated rings. The zero-order valence-electron chi connectivity index (χ0n) is 36.1. The maximum atomic E-state index is 9.76. The van der Waals surface area contributed by atoms with E-state index in [-0.39, 0.29) is 10.8 Å². The van der Waals surface area contributed by atoms with Gasteiger partial charge in [-0.25, -0.2) is 0 Å². The minimum Gasteiger partial charge on any atom is -0.372 e. The Morgan fingerprint density at radius 3 is 1.19 bits per heavy atom. The normalized spacial score (nSPS) is 15.2. The number of hydrogen-bond acceptors (Lipinski definition) is 4. The number of unbranched alkanes of at least 4 members (excludes halogenated alkanes) is 3. The van der Waals surface area contributed by atoms with Crippen LogP contribution in [0.25, 0.3) is 12.2 Å². The Morgan fingerprint density at radius 2 is 0.862 bits per heavy atom. The van der Waals surface area contributed by atoms with Crippen molar-refractivity contribution in [2.75, 3.05) is 49.1 Å². The summed E-state index contributed by atoms with van der Waals surface area (Å²) in [6, 6.07) is 34.8. The number of allylic oxidation sites excluding steroid dienone is 2. The molecule has 0 atom stereocenters. The maximum Gasteiger partial charge on any atom is 0.209 e. The van der Waals surface area contributed by atoms with Crippen LogP contribution in [-0.2, 0) is 10.8 Å². The summed E-state index contributed by atoms with van der Waals surface area (Å²) < 4.78 is 4.99. The van der Waals surface area contributed by atoms with E-state index in [1.54, 1.807) is 0 Å². The third-order valence-corrected chi connectivity index (χ3v) is 12.5. The minimum atomic E-state index is -0.228. The van der Waals surface area contributed by atoms with Crippen LogP contribution in [0.1, 0.15) is 114 Å². The molecule has 6 nitrogen and oxygen atoms in total. The molecule has 0 aromatic heterocycles. The van der Waals surface area contributed by atoms with Crippen LogP contribution in [0.15, 0.2) is 97.1 Å². The first-order valence-corrected chi connectivity index (χ1v) is 21.5. The van der Waals surface area contributed by atoms with Gasteiger partial charge in [0.1, 0.15) is 13.1 Å². The van der Waals surface area contributed by atoms with Crippen molar-refractivity contribution in [3.8, 4) is 12.1 Å². The lowest BCUT2D eigenvalue weighted by Gasteiger charge is -2.20. The van der Waals surface area contributed by atoms with Gasteiger partial charge in [0.05, 0.1) is 34.1 Å². The molecule has 0 unspecified atom stereocenters. The number of nitrogens with zero attached hydrogens (tertiary/aromatic N) is 6. The predicted molar refractivity (Wildman–Crippen MR) is 244 cm³/mol. The summed E-state index contributed by atoms with van der Waals surface area (Å²) in [6.07, 6.45) is 13.5. The average molecular weight is 771 g/mol. The molecule has 58 heavy (non-hydrogen) atoms. The first-order chi connectivity index (χ1) is 28.0. The lowest BCUT2D eigenvalue weighted by Crippen LogP contribution is -2.28. The minimum absolute atomic E-state index is 0.228.